The molecule has 0 radical (unpaired) electrons. The van der Waals surface area contributed by atoms with E-state index in [4.69, 9.17) is 23.2 Å². The highest BCUT2D eigenvalue weighted by atomic mass is 35.5. The number of aliphatic hydroxyl groups is 1. The average molecular weight is 508 g/mol. The summed E-state index contributed by atoms with van der Waals surface area (Å²) >= 11 is 12.1. The molecule has 8 heteroatoms. The van der Waals surface area contributed by atoms with E-state index in [0.29, 0.717) is 27.8 Å². The molecule has 0 fully saturated rings. The summed E-state index contributed by atoms with van der Waals surface area (Å²) in [6.07, 6.45) is 0.601. The van der Waals surface area contributed by atoms with E-state index < -0.39 is 11.5 Å². The van der Waals surface area contributed by atoms with Crippen molar-refractivity contribution in [3.63, 3.8) is 0 Å². The van der Waals surface area contributed by atoms with E-state index in [1.807, 2.05) is 46.8 Å². The van der Waals surface area contributed by atoms with Crippen molar-refractivity contribution < 1.29 is 14.7 Å². The minimum absolute atomic E-state index is 0.0220. The largest absolute Gasteiger partial charge is 0.387 e. The maximum Gasteiger partial charge on any atom is 0.322 e. The van der Waals surface area contributed by atoms with Gasteiger partial charge in [0.05, 0.1) is 22.7 Å². The molecule has 0 bridgehead atoms. The zero-order chi connectivity index (χ0) is 25.5. The number of nitrogens with zero attached hydrogens (tertiary/aromatic N) is 1. The third kappa shape index (κ3) is 7.90. The number of aliphatic hydroxyl groups excluding tert-OH is 1. The third-order valence-electron chi connectivity index (χ3n) is 5.68. The Morgan fingerprint density at radius 3 is 2.15 bits per heavy atom. The molecule has 186 valence electrons. The molecule has 0 heterocycles. The normalized spacial score (nSPS) is 12.4. The number of carbonyl (C=O) groups is 2. The summed E-state index contributed by atoms with van der Waals surface area (Å²) in [4.78, 5) is 26.9. The number of anilines is 1. The number of nitrogens with one attached hydrogen (secondary N) is 2. The number of benzene rings is 2. The number of halogens is 2. The molecule has 3 amide bonds. The van der Waals surface area contributed by atoms with Crippen molar-refractivity contribution in [1.29, 1.82) is 0 Å². The molecule has 1 atom stereocenters. The van der Waals surface area contributed by atoms with Gasteiger partial charge in [0.15, 0.2) is 0 Å². The molecule has 2 rings (SSSR count). The van der Waals surface area contributed by atoms with Crippen molar-refractivity contribution in [2.24, 2.45) is 5.41 Å². The smallest absolute Gasteiger partial charge is 0.322 e. The van der Waals surface area contributed by atoms with Crippen LogP contribution >= 0.6 is 23.2 Å². The lowest BCUT2D eigenvalue weighted by atomic mass is 9.95. The van der Waals surface area contributed by atoms with Crippen LogP contribution in [0.5, 0.6) is 0 Å². The molecule has 2 aromatic rings. The number of hydrogen-bond acceptors (Lipinski definition) is 3. The predicted molar refractivity (Wildman–Crippen MR) is 139 cm³/mol. The lowest BCUT2D eigenvalue weighted by Crippen LogP contribution is -2.44. The second-order valence-corrected chi connectivity index (χ2v) is 10.2. The quantitative estimate of drug-likeness (QED) is 0.366. The van der Waals surface area contributed by atoms with Crippen LogP contribution in [0.3, 0.4) is 0 Å². The second kappa shape index (κ2) is 12.4. The van der Waals surface area contributed by atoms with Gasteiger partial charge in [-0.1, -0.05) is 76.0 Å². The molecule has 3 N–H and O–H groups in total. The second-order valence-electron chi connectivity index (χ2n) is 9.37. The van der Waals surface area contributed by atoms with E-state index in [-0.39, 0.29) is 24.5 Å². The molecule has 34 heavy (non-hydrogen) atoms. The molecule has 2 aromatic carbocycles. The van der Waals surface area contributed by atoms with Crippen LogP contribution in [0.1, 0.15) is 64.7 Å². The van der Waals surface area contributed by atoms with Crippen LogP contribution in [0.2, 0.25) is 10.0 Å². The summed E-state index contributed by atoms with van der Waals surface area (Å²) in [5.74, 6) is -0.0220. The molecule has 0 saturated carbocycles. The third-order valence-corrected chi connectivity index (χ3v) is 6.42. The van der Waals surface area contributed by atoms with Crippen LogP contribution in [0.25, 0.3) is 0 Å². The zero-order valence-corrected chi connectivity index (χ0v) is 22.0. The lowest BCUT2D eigenvalue weighted by Gasteiger charge is -2.32. The first-order valence-electron chi connectivity index (χ1n) is 11.5. The van der Waals surface area contributed by atoms with E-state index in [9.17, 15) is 14.7 Å². The molecule has 0 aliphatic rings. The molecule has 0 aliphatic carbocycles. The minimum Gasteiger partial charge on any atom is -0.387 e. The van der Waals surface area contributed by atoms with Crippen molar-refractivity contribution in [3.8, 4) is 0 Å². The molecule has 0 aromatic heterocycles. The van der Waals surface area contributed by atoms with Crippen molar-refractivity contribution >= 4 is 40.8 Å². The molecule has 0 saturated heterocycles. The minimum atomic E-state index is -0.907. The van der Waals surface area contributed by atoms with Crippen LogP contribution in [0.4, 0.5) is 10.5 Å². The van der Waals surface area contributed by atoms with Crippen molar-refractivity contribution in [1.82, 2.24) is 10.2 Å². The van der Waals surface area contributed by atoms with Crippen LogP contribution in [0.15, 0.2) is 42.5 Å². The molecular weight excluding hydrogens is 473 g/mol. The summed E-state index contributed by atoms with van der Waals surface area (Å²) in [5, 5.41) is 17.4. The first-order chi connectivity index (χ1) is 16.0. The Morgan fingerprint density at radius 1 is 1.00 bits per heavy atom. The van der Waals surface area contributed by atoms with E-state index in [1.165, 1.54) is 0 Å². The summed E-state index contributed by atoms with van der Waals surface area (Å²) in [6.45, 7) is 10.2. The van der Waals surface area contributed by atoms with Gasteiger partial charge in [0.25, 0.3) is 0 Å². The van der Waals surface area contributed by atoms with E-state index in [0.717, 1.165) is 18.4 Å². The number of urea groups is 1. The molecular formula is C26H35Cl2N3O3. The van der Waals surface area contributed by atoms with Gasteiger partial charge in [-0.15, -0.1) is 0 Å². The van der Waals surface area contributed by atoms with E-state index in [2.05, 4.69) is 10.6 Å². The van der Waals surface area contributed by atoms with Crippen LogP contribution in [-0.2, 0) is 11.3 Å². The predicted octanol–water partition coefficient (Wildman–Crippen LogP) is 6.41. The summed E-state index contributed by atoms with van der Waals surface area (Å²) in [5.41, 5.74) is 1.71. The number of carbonyl (C=O) groups excluding carboxylic acids is 2. The molecule has 0 spiro atoms. The van der Waals surface area contributed by atoms with Gasteiger partial charge in [-0.3, -0.25) is 4.79 Å². The van der Waals surface area contributed by atoms with Crippen molar-refractivity contribution in [2.75, 3.05) is 11.9 Å². The van der Waals surface area contributed by atoms with Gasteiger partial charge >= 0.3 is 6.03 Å². The van der Waals surface area contributed by atoms with Crippen LogP contribution in [-0.4, -0.2) is 34.5 Å². The fraction of sp³-hybridized carbons (Fsp3) is 0.462. The Morgan fingerprint density at radius 2 is 1.62 bits per heavy atom. The molecule has 6 nitrogen and oxygen atoms in total. The van der Waals surface area contributed by atoms with Gasteiger partial charge in [0, 0.05) is 23.7 Å². The maximum atomic E-state index is 13.2. The average Bonchev–Trinajstić information content (AvgIpc) is 2.79. The Hall–Kier alpha value is -2.28. The zero-order valence-electron chi connectivity index (χ0n) is 20.5. The number of hydrogen-bond donors (Lipinski definition) is 3. The van der Waals surface area contributed by atoms with Gasteiger partial charge in [0.2, 0.25) is 5.91 Å². The molecule has 0 unspecified atom stereocenters. The molecule has 0 aliphatic heterocycles. The summed E-state index contributed by atoms with van der Waals surface area (Å²) in [6, 6.07) is 12.0. The van der Waals surface area contributed by atoms with Gasteiger partial charge < -0.3 is 20.6 Å². The number of rotatable bonds is 9. The Kier molecular flexibility index (Phi) is 10.2. The Balaban J connectivity index is 2.08. The number of amides is 3. The Bertz CT molecular complexity index is 970. The standard InChI is InChI=1S/C26H35Cl2N3O3/c1-6-20(7-2)31(16-23(32)18-10-13-21(27)22(28)14-18)25(34)30-19-11-8-17(9-12-19)15-29-24(33)26(3,4)5/h8-14,20,23,32H,6-7,15-16H2,1-5H3,(H,29,33)(H,30,34)/t23-/m1/s1. The van der Waals surface area contributed by atoms with Crippen molar-refractivity contribution in [3.05, 3.63) is 63.6 Å². The van der Waals surface area contributed by atoms with Gasteiger partial charge in [-0.2, -0.15) is 0 Å². The summed E-state index contributed by atoms with van der Waals surface area (Å²) < 4.78 is 0. The van der Waals surface area contributed by atoms with Gasteiger partial charge in [0.1, 0.15) is 0 Å². The Labute approximate surface area is 212 Å². The lowest BCUT2D eigenvalue weighted by molar-refractivity contribution is -0.128. The monoisotopic (exact) mass is 507 g/mol. The first-order valence-corrected chi connectivity index (χ1v) is 12.3. The van der Waals surface area contributed by atoms with Gasteiger partial charge in [-0.25, -0.2) is 4.79 Å². The fourth-order valence-corrected chi connectivity index (χ4v) is 3.79. The van der Waals surface area contributed by atoms with E-state index in [1.54, 1.807) is 35.2 Å². The fourth-order valence-electron chi connectivity index (χ4n) is 3.49. The highest BCUT2D eigenvalue weighted by molar-refractivity contribution is 6.42. The summed E-state index contributed by atoms with van der Waals surface area (Å²) in [7, 11) is 0. The SMILES string of the molecule is CCC(CC)N(C[C@@H](O)c1ccc(Cl)c(Cl)c1)C(=O)Nc1ccc(CNC(=O)C(C)(C)C)cc1. The topological polar surface area (TPSA) is 81.7 Å². The van der Waals surface area contributed by atoms with Crippen LogP contribution in [0, 0.1) is 5.41 Å². The van der Waals surface area contributed by atoms with E-state index >= 15 is 0 Å². The first kappa shape index (κ1) is 28.0. The maximum absolute atomic E-state index is 13.2. The highest BCUT2D eigenvalue weighted by Crippen LogP contribution is 2.27. The van der Waals surface area contributed by atoms with Gasteiger partial charge in [-0.05, 0) is 48.2 Å². The highest BCUT2D eigenvalue weighted by Gasteiger charge is 2.25. The van der Waals surface area contributed by atoms with Crippen LogP contribution < -0.4 is 10.6 Å². The van der Waals surface area contributed by atoms with Crippen molar-refractivity contribution in [2.45, 2.75) is 66.2 Å².